The van der Waals surface area contributed by atoms with Gasteiger partial charge in [0.2, 0.25) is 0 Å². The van der Waals surface area contributed by atoms with Crippen molar-refractivity contribution in [1.29, 1.82) is 0 Å². The largest absolute Gasteiger partial charge is 0.265 e. The van der Waals surface area contributed by atoms with Crippen molar-refractivity contribution in [2.75, 3.05) is 0 Å². The predicted molar refractivity (Wildman–Crippen MR) is 47.8 cm³/mol. The fourth-order valence-corrected chi connectivity index (χ4v) is 1.56. The van der Waals surface area contributed by atoms with Gasteiger partial charge in [-0.1, -0.05) is 13.8 Å². The van der Waals surface area contributed by atoms with Gasteiger partial charge >= 0.3 is 0 Å². The van der Waals surface area contributed by atoms with Crippen LogP contribution in [0.4, 0.5) is 4.39 Å². The molecule has 0 unspecified atom stereocenters. The van der Waals surface area contributed by atoms with Crippen LogP contribution in [0.2, 0.25) is 0 Å². The summed E-state index contributed by atoms with van der Waals surface area (Å²) in [6.07, 6.45) is 4.62. The van der Waals surface area contributed by atoms with Crippen LogP contribution in [-0.4, -0.2) is 9.78 Å². The van der Waals surface area contributed by atoms with Crippen LogP contribution in [0.1, 0.15) is 38.3 Å². The first-order chi connectivity index (χ1) is 6.18. The predicted octanol–water partition coefficient (Wildman–Crippen LogP) is 2.36. The molecule has 0 spiro atoms. The maximum absolute atomic E-state index is 13.2. The molecule has 0 aromatic carbocycles. The van der Waals surface area contributed by atoms with Gasteiger partial charge in [-0.15, -0.1) is 0 Å². The molecule has 2 nitrogen and oxygen atoms in total. The van der Waals surface area contributed by atoms with Gasteiger partial charge in [0.05, 0.1) is 5.69 Å². The van der Waals surface area contributed by atoms with Crippen molar-refractivity contribution in [3.63, 3.8) is 0 Å². The molecule has 1 aliphatic rings. The molecule has 0 saturated heterocycles. The Kier molecular flexibility index (Phi) is 2.10. The fourth-order valence-electron chi connectivity index (χ4n) is 1.56. The third-order valence-corrected chi connectivity index (χ3v) is 2.27. The number of halogens is 1. The lowest BCUT2D eigenvalue weighted by Gasteiger charge is -2.08. The summed E-state index contributed by atoms with van der Waals surface area (Å²) in [7, 11) is 0. The van der Waals surface area contributed by atoms with Gasteiger partial charge in [-0.05, 0) is 18.8 Å². The molecule has 1 saturated carbocycles. The molecule has 0 bridgehead atoms. The van der Waals surface area contributed by atoms with Gasteiger partial charge in [-0.25, -0.2) is 4.39 Å². The summed E-state index contributed by atoms with van der Waals surface area (Å²) in [5, 5.41) is 3.93. The molecule has 1 aliphatic carbocycles. The molecule has 2 rings (SSSR count). The van der Waals surface area contributed by atoms with Crippen LogP contribution >= 0.6 is 0 Å². The molecule has 0 atom stereocenters. The van der Waals surface area contributed by atoms with Crippen LogP contribution in [0, 0.1) is 17.9 Å². The number of aromatic nitrogens is 2. The van der Waals surface area contributed by atoms with Gasteiger partial charge < -0.3 is 0 Å². The summed E-state index contributed by atoms with van der Waals surface area (Å²) in [5.41, 5.74) is 0.772. The Hall–Kier alpha value is -0.860. The molecule has 1 aromatic rings. The highest BCUT2D eigenvalue weighted by Crippen LogP contribution is 2.41. The quantitative estimate of drug-likeness (QED) is 0.700. The monoisotopic (exact) mass is 181 g/mol. The Bertz CT molecular complexity index is 300. The van der Waals surface area contributed by atoms with Crippen molar-refractivity contribution >= 4 is 0 Å². The van der Waals surface area contributed by atoms with Crippen LogP contribution < -0.4 is 0 Å². The number of nitrogens with zero attached hydrogens (tertiary/aromatic N) is 2. The second kappa shape index (κ2) is 3.13. The highest BCUT2D eigenvalue weighted by molar-refractivity contribution is 5.15. The first-order valence-corrected chi connectivity index (χ1v) is 4.82. The molecule has 1 radical (unpaired) electrons. The standard InChI is InChI=1S/C10H14FN2/c1-7(2)6-13-10(8-3-4-8)9(11)5-12-13/h7-8H,3-4,6H2,1-2H3. The second-order valence-corrected chi connectivity index (χ2v) is 4.16. The molecule has 71 valence electrons. The lowest BCUT2D eigenvalue weighted by molar-refractivity contribution is 0.462. The summed E-state index contributed by atoms with van der Waals surface area (Å²) in [6, 6.07) is 0. The highest BCUT2D eigenvalue weighted by atomic mass is 19.1. The van der Waals surface area contributed by atoms with E-state index in [1.54, 1.807) is 4.68 Å². The summed E-state index contributed by atoms with van der Waals surface area (Å²) >= 11 is 0. The first-order valence-electron chi connectivity index (χ1n) is 4.82. The number of hydrogen-bond acceptors (Lipinski definition) is 1. The van der Waals surface area contributed by atoms with Crippen molar-refractivity contribution in [2.24, 2.45) is 5.92 Å². The van der Waals surface area contributed by atoms with Gasteiger partial charge in [-0.3, -0.25) is 4.68 Å². The van der Waals surface area contributed by atoms with Crippen LogP contribution in [0.5, 0.6) is 0 Å². The minimum absolute atomic E-state index is 0.247. The van der Waals surface area contributed by atoms with Gasteiger partial charge in [-0.2, -0.15) is 5.10 Å². The van der Waals surface area contributed by atoms with E-state index >= 15 is 0 Å². The molecule has 13 heavy (non-hydrogen) atoms. The summed E-state index contributed by atoms with van der Waals surface area (Å²) in [4.78, 5) is 0. The maximum Gasteiger partial charge on any atom is 0.174 e. The van der Waals surface area contributed by atoms with Gasteiger partial charge in [0, 0.05) is 12.5 Å². The highest BCUT2D eigenvalue weighted by Gasteiger charge is 2.30. The Morgan fingerprint density at radius 3 is 2.85 bits per heavy atom. The van der Waals surface area contributed by atoms with E-state index in [-0.39, 0.29) is 5.82 Å². The lowest BCUT2D eigenvalue weighted by atomic mass is 10.2. The molecule has 1 heterocycles. The Labute approximate surface area is 77.8 Å². The van der Waals surface area contributed by atoms with E-state index in [2.05, 4.69) is 25.1 Å². The van der Waals surface area contributed by atoms with Crippen molar-refractivity contribution < 1.29 is 4.39 Å². The Morgan fingerprint density at radius 1 is 1.62 bits per heavy atom. The summed E-state index contributed by atoms with van der Waals surface area (Å²) < 4.78 is 15.0. The molecular formula is C10H14FN2. The summed E-state index contributed by atoms with van der Waals surface area (Å²) in [5.74, 6) is 0.672. The average Bonchev–Trinajstić information content (AvgIpc) is 2.79. The molecule has 0 amide bonds. The SMILES string of the molecule is CC(C)Cn1n[c]c(F)c1C1CC1. The normalized spacial score (nSPS) is 16.9. The van der Waals surface area contributed by atoms with Crippen molar-refractivity contribution in [3.05, 3.63) is 17.7 Å². The van der Waals surface area contributed by atoms with Crippen molar-refractivity contribution in [2.45, 2.75) is 39.2 Å². The second-order valence-electron chi connectivity index (χ2n) is 4.16. The zero-order valence-corrected chi connectivity index (χ0v) is 8.05. The van der Waals surface area contributed by atoms with Crippen LogP contribution in [-0.2, 0) is 6.54 Å². The van der Waals surface area contributed by atoms with E-state index in [0.717, 1.165) is 25.1 Å². The van der Waals surface area contributed by atoms with Gasteiger partial charge in [0.25, 0.3) is 0 Å². The molecular weight excluding hydrogens is 167 g/mol. The topological polar surface area (TPSA) is 17.8 Å². The smallest absolute Gasteiger partial charge is 0.174 e. The molecule has 1 aromatic heterocycles. The van der Waals surface area contributed by atoms with E-state index in [1.807, 2.05) is 0 Å². The van der Waals surface area contributed by atoms with Gasteiger partial charge in [0.1, 0.15) is 0 Å². The average molecular weight is 181 g/mol. The van der Waals surface area contributed by atoms with E-state index in [1.165, 1.54) is 0 Å². The fraction of sp³-hybridized carbons (Fsp3) is 0.700. The minimum atomic E-state index is -0.247. The van der Waals surface area contributed by atoms with Crippen molar-refractivity contribution in [1.82, 2.24) is 9.78 Å². The Balaban J connectivity index is 2.23. The summed E-state index contributed by atoms with van der Waals surface area (Å²) in [6.45, 7) is 5.01. The van der Waals surface area contributed by atoms with E-state index < -0.39 is 0 Å². The molecule has 1 fully saturated rings. The van der Waals surface area contributed by atoms with E-state index in [0.29, 0.717) is 11.8 Å². The van der Waals surface area contributed by atoms with Crippen LogP contribution in [0.25, 0.3) is 0 Å². The molecule has 0 aliphatic heterocycles. The van der Waals surface area contributed by atoms with Crippen LogP contribution in [0.15, 0.2) is 0 Å². The third kappa shape index (κ3) is 1.74. The van der Waals surface area contributed by atoms with Gasteiger partial charge in [0.15, 0.2) is 12.0 Å². The van der Waals surface area contributed by atoms with E-state index in [9.17, 15) is 4.39 Å². The zero-order chi connectivity index (χ0) is 9.42. The minimum Gasteiger partial charge on any atom is -0.265 e. The number of rotatable bonds is 3. The molecule has 0 N–H and O–H groups in total. The van der Waals surface area contributed by atoms with Crippen LogP contribution in [0.3, 0.4) is 0 Å². The molecule has 3 heteroatoms. The number of hydrogen-bond donors (Lipinski definition) is 0. The zero-order valence-electron chi connectivity index (χ0n) is 8.05. The third-order valence-electron chi connectivity index (χ3n) is 2.27. The van der Waals surface area contributed by atoms with E-state index in [4.69, 9.17) is 0 Å². The maximum atomic E-state index is 13.2. The lowest BCUT2D eigenvalue weighted by Crippen LogP contribution is -2.09. The Morgan fingerprint density at radius 2 is 2.31 bits per heavy atom. The van der Waals surface area contributed by atoms with Crippen molar-refractivity contribution in [3.8, 4) is 0 Å². The first kappa shape index (κ1) is 8.73.